The van der Waals surface area contributed by atoms with E-state index in [-0.39, 0.29) is 12.0 Å². The summed E-state index contributed by atoms with van der Waals surface area (Å²) in [6, 6.07) is 23.9. The fraction of sp³-hybridized carbons (Fsp3) is 0.290. The average molecular weight is 546 g/mol. The van der Waals surface area contributed by atoms with Gasteiger partial charge in [-0.05, 0) is 47.9 Å². The minimum atomic E-state index is -1.81. The monoisotopic (exact) mass is 545 g/mol. The van der Waals surface area contributed by atoms with Crippen molar-refractivity contribution in [2.24, 2.45) is 0 Å². The predicted octanol–water partition coefficient (Wildman–Crippen LogP) is 2.69. The molecule has 4 atom stereocenters. The Morgan fingerprint density at radius 2 is 1.50 bits per heavy atom. The number of aryl methyl sites for hydroxylation is 1. The van der Waals surface area contributed by atoms with E-state index in [1.54, 1.807) is 45.4 Å². The smallest absolute Gasteiger partial charge is 0.330 e. The van der Waals surface area contributed by atoms with Gasteiger partial charge in [0, 0.05) is 18.2 Å². The van der Waals surface area contributed by atoms with Crippen LogP contribution in [0.5, 0.6) is 11.5 Å². The molecule has 0 radical (unpaired) electrons. The Labute approximate surface area is 232 Å². The summed E-state index contributed by atoms with van der Waals surface area (Å²) in [5.41, 5.74) is -2.23. The van der Waals surface area contributed by atoms with Crippen LogP contribution in [0.3, 0.4) is 0 Å². The molecule has 0 spiro atoms. The zero-order chi connectivity index (χ0) is 29.4. The molecule has 5 rings (SSSR count). The third kappa shape index (κ3) is 4.23. The van der Waals surface area contributed by atoms with Crippen LogP contribution < -0.4 is 20.7 Å². The fourth-order valence-electron chi connectivity index (χ4n) is 5.84. The molecule has 3 N–H and O–H groups in total. The number of H-pyrrole nitrogens is 1. The Morgan fingerprint density at radius 1 is 0.975 bits per heavy atom. The molecule has 1 saturated heterocycles. The van der Waals surface area contributed by atoms with Gasteiger partial charge in [0.2, 0.25) is 0 Å². The van der Waals surface area contributed by atoms with E-state index in [4.69, 9.17) is 15.6 Å². The molecule has 0 bridgehead atoms. The van der Waals surface area contributed by atoms with Gasteiger partial charge in [-0.15, -0.1) is 0 Å². The summed E-state index contributed by atoms with van der Waals surface area (Å²) in [5, 5.41) is 21.7. The first kappa shape index (κ1) is 26.1. The number of rotatable bonds is 8. The Bertz CT molecular complexity index is 1570. The summed E-state index contributed by atoms with van der Waals surface area (Å²) in [6.45, 7) is -0.248. The summed E-state index contributed by atoms with van der Waals surface area (Å²) in [6.07, 6.45) is -1.50. The second-order valence-electron chi connectivity index (χ2n) is 9.80. The molecule has 0 saturated carbocycles. The van der Waals surface area contributed by atoms with Gasteiger partial charge in [0.1, 0.15) is 17.6 Å². The first-order valence-electron chi connectivity index (χ1n) is 13.4. The SMILES string of the molecule is [2H]C(O)[C@H]1O[C@](n2cc(C)c(=O)[nH]c2=O)(C(c2ccccc2)(c2ccc(OC)cc2)c2ccc(OC)cc2)C[C@@H]1O. The first-order valence-corrected chi connectivity index (χ1v) is 12.8. The molecule has 9 nitrogen and oxygen atoms in total. The van der Waals surface area contributed by atoms with E-state index in [0.29, 0.717) is 28.2 Å². The molecule has 9 heteroatoms. The molecule has 3 aromatic carbocycles. The van der Waals surface area contributed by atoms with Crippen molar-refractivity contribution >= 4 is 0 Å². The second kappa shape index (κ2) is 10.8. The van der Waals surface area contributed by atoms with E-state index in [2.05, 4.69) is 4.98 Å². The second-order valence-corrected chi connectivity index (χ2v) is 9.80. The van der Waals surface area contributed by atoms with E-state index in [1.807, 2.05) is 54.6 Å². The third-order valence-electron chi connectivity index (χ3n) is 7.69. The zero-order valence-corrected chi connectivity index (χ0v) is 22.4. The van der Waals surface area contributed by atoms with Crippen LogP contribution in [0.1, 0.15) is 30.0 Å². The Balaban J connectivity index is 2.00. The number of aromatic amines is 1. The molecule has 40 heavy (non-hydrogen) atoms. The average Bonchev–Trinajstić information content (AvgIpc) is 3.34. The fourth-order valence-corrected chi connectivity index (χ4v) is 5.84. The van der Waals surface area contributed by atoms with E-state index in [9.17, 15) is 19.8 Å². The number of hydrogen-bond donors (Lipinski definition) is 3. The van der Waals surface area contributed by atoms with Crippen molar-refractivity contribution in [1.29, 1.82) is 0 Å². The largest absolute Gasteiger partial charge is 0.497 e. The number of ether oxygens (including phenoxy) is 3. The number of hydrogen-bond acceptors (Lipinski definition) is 7. The highest BCUT2D eigenvalue weighted by Gasteiger charge is 2.63. The summed E-state index contributed by atoms with van der Waals surface area (Å²) in [5.74, 6) is 1.20. The van der Waals surface area contributed by atoms with E-state index >= 15 is 0 Å². The van der Waals surface area contributed by atoms with E-state index in [0.717, 1.165) is 0 Å². The molecule has 0 amide bonds. The summed E-state index contributed by atoms with van der Waals surface area (Å²) in [7, 11) is 3.12. The van der Waals surface area contributed by atoms with Crippen molar-refractivity contribution < 1.29 is 25.8 Å². The molecule has 1 aliphatic heterocycles. The number of aliphatic hydroxyl groups is 2. The van der Waals surface area contributed by atoms with E-state index in [1.165, 1.54) is 10.8 Å². The van der Waals surface area contributed by atoms with Gasteiger partial charge < -0.3 is 24.4 Å². The van der Waals surface area contributed by atoms with Crippen LogP contribution in [0, 0.1) is 6.92 Å². The van der Waals surface area contributed by atoms with Crippen LogP contribution in [-0.2, 0) is 15.9 Å². The normalized spacial score (nSPS) is 22.0. The third-order valence-corrected chi connectivity index (χ3v) is 7.69. The van der Waals surface area contributed by atoms with Crippen molar-refractivity contribution in [3.63, 3.8) is 0 Å². The molecular weight excluding hydrogens is 512 g/mol. The molecule has 1 aliphatic rings. The number of nitrogens with one attached hydrogen (secondary N) is 1. The van der Waals surface area contributed by atoms with Crippen LogP contribution in [0.4, 0.5) is 0 Å². The minimum Gasteiger partial charge on any atom is -0.497 e. The number of aromatic nitrogens is 2. The number of methoxy groups -OCH3 is 2. The van der Waals surface area contributed by atoms with Crippen molar-refractivity contribution in [2.75, 3.05) is 20.8 Å². The Morgan fingerprint density at radius 3 is 1.98 bits per heavy atom. The molecule has 1 aromatic heterocycles. The highest BCUT2D eigenvalue weighted by molar-refractivity contribution is 5.55. The van der Waals surface area contributed by atoms with Gasteiger partial charge in [-0.1, -0.05) is 54.6 Å². The quantitative estimate of drug-likeness (QED) is 0.291. The molecule has 1 fully saturated rings. The molecular formula is C31H32N2O7. The topological polar surface area (TPSA) is 123 Å². The predicted molar refractivity (Wildman–Crippen MR) is 149 cm³/mol. The molecule has 4 aromatic rings. The molecule has 1 unspecified atom stereocenters. The molecule has 0 aliphatic carbocycles. The summed E-state index contributed by atoms with van der Waals surface area (Å²) in [4.78, 5) is 28.6. The maximum absolute atomic E-state index is 13.7. The Kier molecular flexibility index (Phi) is 7.02. The van der Waals surface area contributed by atoms with Crippen molar-refractivity contribution in [1.82, 2.24) is 9.55 Å². The van der Waals surface area contributed by atoms with Crippen molar-refractivity contribution in [3.05, 3.63) is 128 Å². The van der Waals surface area contributed by atoms with Crippen LogP contribution in [0.15, 0.2) is 94.6 Å². The van der Waals surface area contributed by atoms with Gasteiger partial charge in [-0.3, -0.25) is 14.3 Å². The van der Waals surface area contributed by atoms with Gasteiger partial charge in [0.15, 0.2) is 5.72 Å². The van der Waals surface area contributed by atoms with Crippen LogP contribution in [-0.4, -0.2) is 52.8 Å². The molecule has 2 heterocycles. The van der Waals surface area contributed by atoms with Crippen molar-refractivity contribution in [3.8, 4) is 11.5 Å². The first-order chi connectivity index (χ1) is 19.7. The lowest BCUT2D eigenvalue weighted by atomic mass is 9.61. The zero-order valence-electron chi connectivity index (χ0n) is 23.4. The highest BCUT2D eigenvalue weighted by atomic mass is 16.6. The van der Waals surface area contributed by atoms with Crippen molar-refractivity contribution in [2.45, 2.75) is 36.7 Å². The summed E-state index contributed by atoms with van der Waals surface area (Å²) < 4.78 is 26.8. The minimum absolute atomic E-state index is 0.202. The number of benzene rings is 3. The highest BCUT2D eigenvalue weighted by Crippen LogP contribution is 2.56. The van der Waals surface area contributed by atoms with Gasteiger partial charge in [0.05, 0.1) is 33.7 Å². The number of aliphatic hydroxyl groups excluding tert-OH is 2. The lowest BCUT2D eigenvalue weighted by molar-refractivity contribution is -0.147. The van der Waals surface area contributed by atoms with Gasteiger partial charge in [-0.25, -0.2) is 4.79 Å². The van der Waals surface area contributed by atoms with Gasteiger partial charge in [-0.2, -0.15) is 0 Å². The maximum Gasteiger partial charge on any atom is 0.330 e. The molecule has 208 valence electrons. The maximum atomic E-state index is 13.7. The van der Waals surface area contributed by atoms with Crippen LogP contribution in [0.2, 0.25) is 0 Å². The standard InChI is InChI=1S/C31H32N2O7/c1-20-18-33(29(37)32-28(20)36)30(17-26(35)27(19-34)40-30)31(21-7-5-4-6-8-21,22-9-13-24(38-2)14-10-22)23-11-15-25(39-3)16-12-23/h4-16,18,26-27,34-35H,17,19H2,1-3H3,(H,32,36,37)/t26-,27+,30-/m0/s1/i19D/t19?,26-,27+,30-. The van der Waals surface area contributed by atoms with E-state index < -0.39 is 41.2 Å². The van der Waals surface area contributed by atoms with Crippen LogP contribution in [0.25, 0.3) is 0 Å². The lowest BCUT2D eigenvalue weighted by Gasteiger charge is -2.50. The summed E-state index contributed by atoms with van der Waals surface area (Å²) >= 11 is 0. The van der Waals surface area contributed by atoms with Gasteiger partial charge >= 0.3 is 5.69 Å². The number of nitrogens with zero attached hydrogens (tertiary/aromatic N) is 1. The van der Waals surface area contributed by atoms with Crippen LogP contribution >= 0.6 is 0 Å². The van der Waals surface area contributed by atoms with Gasteiger partial charge in [0.25, 0.3) is 5.56 Å². The Hall–Kier alpha value is -4.18. The lowest BCUT2D eigenvalue weighted by Crippen LogP contribution is -2.59.